The molecule has 126 valence electrons. The lowest BCUT2D eigenvalue weighted by atomic mass is 9.97. The fraction of sp³-hybridized carbons (Fsp3) is 0.529. The number of esters is 1. The predicted octanol–water partition coefficient (Wildman–Crippen LogP) is 2.20. The van der Waals surface area contributed by atoms with Gasteiger partial charge < -0.3 is 19.5 Å². The number of ether oxygens (including phenoxy) is 3. The average Bonchev–Trinajstić information content (AvgIpc) is 2.60. The fourth-order valence-electron chi connectivity index (χ4n) is 2.64. The first-order valence-electron chi connectivity index (χ1n) is 7.83. The second kappa shape index (κ2) is 8.41. The summed E-state index contributed by atoms with van der Waals surface area (Å²) in [5.74, 6) is -0.312. The minimum absolute atomic E-state index is 0.174. The zero-order chi connectivity index (χ0) is 16.7. The van der Waals surface area contributed by atoms with Crippen molar-refractivity contribution in [2.45, 2.75) is 44.8 Å². The topological polar surface area (TPSA) is 73.9 Å². The predicted molar refractivity (Wildman–Crippen MR) is 84.4 cm³/mol. The van der Waals surface area contributed by atoms with Crippen LogP contribution in [-0.4, -0.2) is 32.2 Å². The Balaban J connectivity index is 2.07. The molecule has 1 fully saturated rings. The molecule has 0 saturated heterocycles. The van der Waals surface area contributed by atoms with Gasteiger partial charge in [0.1, 0.15) is 11.5 Å². The highest BCUT2D eigenvalue weighted by atomic mass is 16.5. The highest BCUT2D eigenvalue weighted by Gasteiger charge is 2.18. The van der Waals surface area contributed by atoms with Crippen molar-refractivity contribution in [1.82, 2.24) is 5.32 Å². The van der Waals surface area contributed by atoms with Crippen LogP contribution in [0, 0.1) is 0 Å². The van der Waals surface area contributed by atoms with Gasteiger partial charge in [-0.15, -0.1) is 0 Å². The maximum atomic E-state index is 11.5. The molecule has 0 spiro atoms. The van der Waals surface area contributed by atoms with E-state index in [0.717, 1.165) is 18.4 Å². The first-order chi connectivity index (χ1) is 11.1. The lowest BCUT2D eigenvalue weighted by Crippen LogP contribution is -2.31. The van der Waals surface area contributed by atoms with E-state index in [-0.39, 0.29) is 12.6 Å². The van der Waals surface area contributed by atoms with Crippen molar-refractivity contribution in [2.24, 2.45) is 0 Å². The van der Waals surface area contributed by atoms with Crippen LogP contribution in [-0.2, 0) is 20.9 Å². The van der Waals surface area contributed by atoms with Gasteiger partial charge in [0, 0.05) is 12.1 Å². The summed E-state index contributed by atoms with van der Waals surface area (Å²) in [4.78, 5) is 22.7. The van der Waals surface area contributed by atoms with Crippen LogP contribution in [0.2, 0.25) is 0 Å². The number of carbonyl (C=O) groups is 2. The number of hydrogen-bond donors (Lipinski definition) is 1. The minimum Gasteiger partial charge on any atom is -0.497 e. The van der Waals surface area contributed by atoms with E-state index in [0.29, 0.717) is 11.5 Å². The smallest absolute Gasteiger partial charge is 0.396 e. The van der Waals surface area contributed by atoms with Crippen LogP contribution >= 0.6 is 0 Å². The van der Waals surface area contributed by atoms with E-state index in [4.69, 9.17) is 9.47 Å². The molecular weight excluding hydrogens is 298 g/mol. The van der Waals surface area contributed by atoms with Crippen molar-refractivity contribution in [1.29, 1.82) is 0 Å². The molecule has 0 bridgehead atoms. The standard InChI is InChI=1S/C17H23NO5/c1-21-14-8-9-15(23-13-6-4-3-5-7-13)12(10-14)11-18-16(19)17(20)22-2/h8-10,13H,3-7,11H2,1-2H3,(H,18,19). The Morgan fingerprint density at radius 2 is 1.91 bits per heavy atom. The van der Waals surface area contributed by atoms with Crippen molar-refractivity contribution < 1.29 is 23.8 Å². The molecule has 1 saturated carbocycles. The molecule has 0 unspecified atom stereocenters. The van der Waals surface area contributed by atoms with Crippen LogP contribution in [0.15, 0.2) is 18.2 Å². The van der Waals surface area contributed by atoms with Gasteiger partial charge in [-0.1, -0.05) is 6.42 Å². The van der Waals surface area contributed by atoms with E-state index >= 15 is 0 Å². The van der Waals surface area contributed by atoms with Crippen LogP contribution in [0.25, 0.3) is 0 Å². The molecule has 0 radical (unpaired) electrons. The van der Waals surface area contributed by atoms with Crippen LogP contribution in [0.4, 0.5) is 0 Å². The molecule has 1 aromatic rings. The van der Waals surface area contributed by atoms with E-state index in [1.807, 2.05) is 12.1 Å². The second-order valence-corrected chi connectivity index (χ2v) is 5.53. The number of nitrogens with one attached hydrogen (secondary N) is 1. The fourth-order valence-corrected chi connectivity index (χ4v) is 2.64. The first-order valence-corrected chi connectivity index (χ1v) is 7.83. The van der Waals surface area contributed by atoms with E-state index < -0.39 is 11.9 Å². The van der Waals surface area contributed by atoms with E-state index in [2.05, 4.69) is 10.1 Å². The second-order valence-electron chi connectivity index (χ2n) is 5.53. The molecule has 23 heavy (non-hydrogen) atoms. The van der Waals surface area contributed by atoms with Crippen molar-refractivity contribution in [3.05, 3.63) is 23.8 Å². The number of methoxy groups -OCH3 is 2. The third kappa shape index (κ3) is 4.87. The molecule has 2 rings (SSSR count). The van der Waals surface area contributed by atoms with E-state index in [1.165, 1.54) is 26.4 Å². The SMILES string of the molecule is COC(=O)C(=O)NCc1cc(OC)ccc1OC1CCCCC1. The Morgan fingerprint density at radius 3 is 2.57 bits per heavy atom. The minimum atomic E-state index is -0.914. The summed E-state index contributed by atoms with van der Waals surface area (Å²) in [7, 11) is 2.75. The zero-order valence-corrected chi connectivity index (χ0v) is 13.6. The Bertz CT molecular complexity index is 552. The summed E-state index contributed by atoms with van der Waals surface area (Å²) < 4.78 is 15.7. The van der Waals surface area contributed by atoms with Crippen LogP contribution in [0.3, 0.4) is 0 Å². The third-order valence-corrected chi connectivity index (χ3v) is 3.92. The van der Waals surface area contributed by atoms with Gasteiger partial charge in [0.25, 0.3) is 0 Å². The highest BCUT2D eigenvalue weighted by molar-refractivity contribution is 6.32. The molecule has 1 aliphatic rings. The van der Waals surface area contributed by atoms with Gasteiger partial charge in [-0.25, -0.2) is 4.79 Å². The maximum Gasteiger partial charge on any atom is 0.396 e. The molecule has 0 aliphatic heterocycles. The molecule has 1 aliphatic carbocycles. The Morgan fingerprint density at radius 1 is 1.17 bits per heavy atom. The summed E-state index contributed by atoms with van der Waals surface area (Å²) in [5, 5.41) is 2.53. The molecule has 6 nitrogen and oxygen atoms in total. The van der Waals surface area contributed by atoms with Gasteiger partial charge in [-0.2, -0.15) is 0 Å². The van der Waals surface area contributed by atoms with E-state index in [9.17, 15) is 9.59 Å². The Hall–Kier alpha value is -2.24. The monoisotopic (exact) mass is 321 g/mol. The summed E-state index contributed by atoms with van der Waals surface area (Å²) in [6.07, 6.45) is 5.89. The largest absolute Gasteiger partial charge is 0.497 e. The van der Waals surface area contributed by atoms with Gasteiger partial charge in [0.05, 0.1) is 20.3 Å². The quantitative estimate of drug-likeness (QED) is 0.665. The first kappa shape index (κ1) is 17.1. The van der Waals surface area contributed by atoms with Crippen molar-refractivity contribution in [2.75, 3.05) is 14.2 Å². The number of rotatable bonds is 5. The van der Waals surface area contributed by atoms with Gasteiger partial charge in [0.2, 0.25) is 0 Å². The van der Waals surface area contributed by atoms with Crippen molar-refractivity contribution >= 4 is 11.9 Å². The summed E-state index contributed by atoms with van der Waals surface area (Å²) in [5.41, 5.74) is 0.771. The van der Waals surface area contributed by atoms with Crippen molar-refractivity contribution in [3.8, 4) is 11.5 Å². The zero-order valence-electron chi connectivity index (χ0n) is 13.6. The molecule has 6 heteroatoms. The molecule has 0 aromatic heterocycles. The molecule has 1 amide bonds. The highest BCUT2D eigenvalue weighted by Crippen LogP contribution is 2.28. The maximum absolute atomic E-state index is 11.5. The van der Waals surface area contributed by atoms with Gasteiger partial charge in [-0.3, -0.25) is 4.79 Å². The summed E-state index contributed by atoms with van der Waals surface area (Å²) >= 11 is 0. The van der Waals surface area contributed by atoms with E-state index in [1.54, 1.807) is 13.2 Å². The molecule has 1 N–H and O–H groups in total. The third-order valence-electron chi connectivity index (χ3n) is 3.92. The summed E-state index contributed by atoms with van der Waals surface area (Å²) in [6, 6.07) is 5.46. The Kier molecular flexibility index (Phi) is 6.26. The normalized spacial score (nSPS) is 14.9. The van der Waals surface area contributed by atoms with Gasteiger partial charge >= 0.3 is 11.9 Å². The van der Waals surface area contributed by atoms with Crippen LogP contribution < -0.4 is 14.8 Å². The number of benzene rings is 1. The Labute approximate surface area is 136 Å². The van der Waals surface area contributed by atoms with Gasteiger partial charge in [0.15, 0.2) is 0 Å². The molecule has 0 heterocycles. The average molecular weight is 321 g/mol. The summed E-state index contributed by atoms with van der Waals surface area (Å²) in [6.45, 7) is 0.174. The van der Waals surface area contributed by atoms with Crippen LogP contribution in [0.5, 0.6) is 11.5 Å². The lowest BCUT2D eigenvalue weighted by Gasteiger charge is -2.24. The number of amides is 1. The lowest BCUT2D eigenvalue weighted by molar-refractivity contribution is -0.152. The molecular formula is C17H23NO5. The van der Waals surface area contributed by atoms with Crippen LogP contribution in [0.1, 0.15) is 37.7 Å². The molecule has 1 aromatic carbocycles. The van der Waals surface area contributed by atoms with Gasteiger partial charge in [-0.05, 0) is 43.9 Å². The number of carbonyl (C=O) groups excluding carboxylic acids is 2. The number of hydrogen-bond acceptors (Lipinski definition) is 5. The molecule has 0 atom stereocenters. The van der Waals surface area contributed by atoms with Crippen molar-refractivity contribution in [3.63, 3.8) is 0 Å².